The summed E-state index contributed by atoms with van der Waals surface area (Å²) in [6.45, 7) is 1.70. The van der Waals surface area contributed by atoms with Crippen molar-refractivity contribution in [2.75, 3.05) is 20.1 Å². The minimum atomic E-state index is -0.256. The maximum absolute atomic E-state index is 13.2. The molecule has 0 aliphatic heterocycles. The summed E-state index contributed by atoms with van der Waals surface area (Å²) in [4.78, 5) is 16.1. The van der Waals surface area contributed by atoms with Gasteiger partial charge in [-0.15, -0.1) is 0 Å². The van der Waals surface area contributed by atoms with Gasteiger partial charge in [0.15, 0.2) is 5.96 Å². The Morgan fingerprint density at radius 2 is 1.81 bits per heavy atom. The van der Waals surface area contributed by atoms with Crippen molar-refractivity contribution in [2.24, 2.45) is 4.99 Å². The van der Waals surface area contributed by atoms with Crippen molar-refractivity contribution < 1.29 is 9.18 Å². The number of aliphatic imine (C=N–C) groups is 1. The second-order valence-corrected chi connectivity index (χ2v) is 6.51. The Morgan fingerprint density at radius 3 is 2.50 bits per heavy atom. The monoisotopic (exact) mass is 420 g/mol. The third kappa shape index (κ3) is 6.84. The van der Waals surface area contributed by atoms with Crippen molar-refractivity contribution in [1.82, 2.24) is 16.0 Å². The van der Waals surface area contributed by atoms with Crippen molar-refractivity contribution in [3.63, 3.8) is 0 Å². The van der Waals surface area contributed by atoms with Gasteiger partial charge < -0.3 is 16.0 Å². The Balaban J connectivity index is 1.64. The summed E-state index contributed by atoms with van der Waals surface area (Å²) in [5.74, 6) is 0.286. The van der Waals surface area contributed by atoms with E-state index in [0.717, 1.165) is 16.5 Å². The van der Waals surface area contributed by atoms with Crippen LogP contribution in [0.3, 0.4) is 0 Å². The Bertz CT molecular complexity index is 749. The second kappa shape index (κ2) is 10.6. The molecule has 0 bridgehead atoms. The van der Waals surface area contributed by atoms with Crippen LogP contribution >= 0.6 is 15.9 Å². The summed E-state index contributed by atoms with van der Waals surface area (Å²) in [5, 5.41) is 9.17. The first-order valence-electron chi connectivity index (χ1n) is 8.31. The van der Waals surface area contributed by atoms with Crippen molar-refractivity contribution in [3.05, 3.63) is 69.9 Å². The van der Waals surface area contributed by atoms with Crippen LogP contribution in [0.25, 0.3) is 0 Å². The number of hydrogen-bond acceptors (Lipinski definition) is 2. The van der Waals surface area contributed by atoms with Gasteiger partial charge in [0.2, 0.25) is 0 Å². The van der Waals surface area contributed by atoms with E-state index in [1.807, 2.05) is 18.2 Å². The second-order valence-electron chi connectivity index (χ2n) is 5.60. The molecule has 0 aliphatic carbocycles. The Labute approximate surface area is 161 Å². The number of amides is 1. The Kier molecular flexibility index (Phi) is 8.08. The highest BCUT2D eigenvalue weighted by molar-refractivity contribution is 9.10. The molecular formula is C19H22BrFN4O. The van der Waals surface area contributed by atoms with Gasteiger partial charge in [0, 0.05) is 36.7 Å². The van der Waals surface area contributed by atoms with Crippen LogP contribution in [0.15, 0.2) is 58.0 Å². The van der Waals surface area contributed by atoms with E-state index in [2.05, 4.69) is 36.9 Å². The molecule has 0 saturated carbocycles. The van der Waals surface area contributed by atoms with Gasteiger partial charge in [0.05, 0.1) is 0 Å². The van der Waals surface area contributed by atoms with E-state index in [9.17, 15) is 9.18 Å². The molecule has 0 radical (unpaired) electrons. The van der Waals surface area contributed by atoms with Gasteiger partial charge >= 0.3 is 0 Å². The Morgan fingerprint density at radius 1 is 1.08 bits per heavy atom. The number of guanidine groups is 1. The highest BCUT2D eigenvalue weighted by atomic mass is 79.9. The van der Waals surface area contributed by atoms with Crippen LogP contribution in [-0.2, 0) is 6.54 Å². The zero-order valence-electron chi connectivity index (χ0n) is 14.6. The molecule has 2 aromatic carbocycles. The van der Waals surface area contributed by atoms with Gasteiger partial charge in [0.1, 0.15) is 5.82 Å². The van der Waals surface area contributed by atoms with Crippen LogP contribution in [0.4, 0.5) is 4.39 Å². The van der Waals surface area contributed by atoms with Crippen LogP contribution < -0.4 is 16.0 Å². The lowest BCUT2D eigenvalue weighted by Crippen LogP contribution is -2.38. The fourth-order valence-electron chi connectivity index (χ4n) is 2.25. The third-order valence-electron chi connectivity index (χ3n) is 3.61. The van der Waals surface area contributed by atoms with Gasteiger partial charge in [-0.05, 0) is 48.4 Å². The first kappa shape index (κ1) is 19.9. The van der Waals surface area contributed by atoms with E-state index >= 15 is 0 Å². The molecule has 2 aromatic rings. The molecule has 0 spiro atoms. The molecule has 0 heterocycles. The van der Waals surface area contributed by atoms with Gasteiger partial charge in [-0.1, -0.05) is 28.1 Å². The minimum Gasteiger partial charge on any atom is -0.356 e. The first-order valence-corrected chi connectivity index (χ1v) is 9.10. The van der Waals surface area contributed by atoms with Crippen LogP contribution in [-0.4, -0.2) is 32.0 Å². The molecule has 26 heavy (non-hydrogen) atoms. The molecule has 0 atom stereocenters. The Hall–Kier alpha value is -2.41. The number of carbonyl (C=O) groups is 1. The summed E-state index contributed by atoms with van der Waals surface area (Å²) in [6.07, 6.45) is 0.753. The third-order valence-corrected chi connectivity index (χ3v) is 4.14. The summed E-state index contributed by atoms with van der Waals surface area (Å²) in [7, 11) is 1.68. The number of carbonyl (C=O) groups excluding carboxylic acids is 1. The minimum absolute atomic E-state index is 0.0916. The SMILES string of the molecule is CN=C(NCCCNC(=O)c1ccc(Br)cc1)NCc1cccc(F)c1. The first-order chi connectivity index (χ1) is 12.6. The van der Waals surface area contributed by atoms with E-state index in [0.29, 0.717) is 31.2 Å². The number of nitrogens with zero attached hydrogens (tertiary/aromatic N) is 1. The average Bonchev–Trinajstić information content (AvgIpc) is 2.64. The fourth-order valence-corrected chi connectivity index (χ4v) is 2.52. The maximum Gasteiger partial charge on any atom is 0.251 e. The molecule has 0 unspecified atom stereocenters. The predicted molar refractivity (Wildman–Crippen MR) is 106 cm³/mol. The maximum atomic E-state index is 13.2. The van der Waals surface area contributed by atoms with Crippen LogP contribution in [0.5, 0.6) is 0 Å². The van der Waals surface area contributed by atoms with E-state index in [4.69, 9.17) is 0 Å². The summed E-state index contributed by atoms with van der Waals surface area (Å²) in [5.41, 5.74) is 1.48. The highest BCUT2D eigenvalue weighted by Gasteiger charge is 2.04. The van der Waals surface area contributed by atoms with Crippen molar-refractivity contribution in [1.29, 1.82) is 0 Å². The molecule has 3 N–H and O–H groups in total. The van der Waals surface area contributed by atoms with Crippen LogP contribution in [0.1, 0.15) is 22.3 Å². The summed E-state index contributed by atoms with van der Waals surface area (Å²) in [6, 6.07) is 13.6. The molecule has 0 aliphatic rings. The number of nitrogens with one attached hydrogen (secondary N) is 3. The quantitative estimate of drug-likeness (QED) is 0.366. The molecule has 0 aromatic heterocycles. The van der Waals surface area contributed by atoms with Crippen LogP contribution in [0, 0.1) is 5.82 Å². The average molecular weight is 421 g/mol. The van der Waals surface area contributed by atoms with Crippen molar-refractivity contribution in [2.45, 2.75) is 13.0 Å². The molecule has 2 rings (SSSR count). The summed E-state index contributed by atoms with van der Waals surface area (Å²) >= 11 is 3.34. The molecule has 5 nitrogen and oxygen atoms in total. The number of halogens is 2. The number of rotatable bonds is 7. The standard InChI is InChI=1S/C19H22BrFN4O/c1-22-19(25-13-14-4-2-5-17(21)12-14)24-11-3-10-23-18(26)15-6-8-16(20)9-7-15/h2,4-9,12H,3,10-11,13H2,1H3,(H,23,26)(H2,22,24,25). The highest BCUT2D eigenvalue weighted by Crippen LogP contribution is 2.10. The molecule has 138 valence electrons. The van der Waals surface area contributed by atoms with E-state index in [1.54, 1.807) is 25.2 Å². The number of hydrogen-bond donors (Lipinski definition) is 3. The van der Waals surface area contributed by atoms with E-state index < -0.39 is 0 Å². The lowest BCUT2D eigenvalue weighted by atomic mass is 10.2. The largest absolute Gasteiger partial charge is 0.356 e. The number of benzene rings is 2. The van der Waals surface area contributed by atoms with Gasteiger partial charge in [-0.2, -0.15) is 0 Å². The molecule has 0 saturated heterocycles. The van der Waals surface area contributed by atoms with E-state index in [1.165, 1.54) is 12.1 Å². The van der Waals surface area contributed by atoms with Gasteiger partial charge in [-0.25, -0.2) is 4.39 Å². The zero-order chi connectivity index (χ0) is 18.8. The topological polar surface area (TPSA) is 65.5 Å². The molecular weight excluding hydrogens is 399 g/mol. The van der Waals surface area contributed by atoms with Gasteiger partial charge in [-0.3, -0.25) is 9.79 Å². The predicted octanol–water partition coefficient (Wildman–Crippen LogP) is 3.07. The summed E-state index contributed by atoms with van der Waals surface area (Å²) < 4.78 is 14.1. The smallest absolute Gasteiger partial charge is 0.251 e. The van der Waals surface area contributed by atoms with Crippen LogP contribution in [0.2, 0.25) is 0 Å². The van der Waals surface area contributed by atoms with Crippen molar-refractivity contribution >= 4 is 27.8 Å². The lowest BCUT2D eigenvalue weighted by Gasteiger charge is -2.12. The molecule has 1 amide bonds. The fraction of sp³-hybridized carbons (Fsp3) is 0.263. The van der Waals surface area contributed by atoms with Crippen molar-refractivity contribution in [3.8, 4) is 0 Å². The zero-order valence-corrected chi connectivity index (χ0v) is 16.1. The van der Waals surface area contributed by atoms with E-state index in [-0.39, 0.29) is 11.7 Å². The van der Waals surface area contributed by atoms with Gasteiger partial charge in [0.25, 0.3) is 5.91 Å². The normalized spacial score (nSPS) is 11.1. The lowest BCUT2D eigenvalue weighted by molar-refractivity contribution is 0.0953. The molecule has 7 heteroatoms. The molecule has 0 fully saturated rings.